The van der Waals surface area contributed by atoms with Crippen LogP contribution in [0.2, 0.25) is 0 Å². The van der Waals surface area contributed by atoms with E-state index in [9.17, 15) is 14.0 Å². The third-order valence-corrected chi connectivity index (χ3v) is 8.06. The molecule has 2 aromatic carbocycles. The van der Waals surface area contributed by atoms with Gasteiger partial charge >= 0.3 is 0 Å². The summed E-state index contributed by atoms with van der Waals surface area (Å²) in [7, 11) is 0. The van der Waals surface area contributed by atoms with Gasteiger partial charge in [-0.1, -0.05) is 42.5 Å². The van der Waals surface area contributed by atoms with Crippen LogP contribution in [0.25, 0.3) is 0 Å². The van der Waals surface area contributed by atoms with Crippen molar-refractivity contribution in [3.05, 3.63) is 66.0 Å². The number of para-hydroxylation sites is 1. The maximum atomic E-state index is 14.2. The molecule has 6 rings (SSSR count). The fraction of sp³-hybridized carbons (Fsp3) is 0.462. The highest BCUT2D eigenvalue weighted by molar-refractivity contribution is 5.83. The van der Waals surface area contributed by atoms with Crippen LogP contribution in [0.1, 0.15) is 30.9 Å². The molecule has 3 saturated heterocycles. The van der Waals surface area contributed by atoms with Gasteiger partial charge in [0.25, 0.3) is 0 Å². The third kappa shape index (κ3) is 4.07. The van der Waals surface area contributed by atoms with Gasteiger partial charge in [0.15, 0.2) is 0 Å². The number of anilines is 1. The molecule has 4 fully saturated rings. The topological polar surface area (TPSA) is 79.9 Å². The van der Waals surface area contributed by atoms with Crippen molar-refractivity contribution in [2.75, 3.05) is 31.1 Å². The first-order chi connectivity index (χ1) is 17.1. The Balaban J connectivity index is 1.12. The Morgan fingerprint density at radius 2 is 1.69 bits per heavy atom. The summed E-state index contributed by atoms with van der Waals surface area (Å²) in [4.78, 5) is 30.4. The molecule has 1 aliphatic carbocycles. The summed E-state index contributed by atoms with van der Waals surface area (Å²) in [6, 6.07) is 16.8. The van der Waals surface area contributed by atoms with Crippen molar-refractivity contribution >= 4 is 17.5 Å². The van der Waals surface area contributed by atoms with Crippen molar-refractivity contribution in [1.29, 1.82) is 0 Å². The van der Waals surface area contributed by atoms with E-state index in [-0.39, 0.29) is 47.7 Å². The predicted molar refractivity (Wildman–Crippen MR) is 129 cm³/mol. The molecule has 3 N–H and O–H groups in total. The largest absolute Gasteiger partial charge is 0.366 e. The highest BCUT2D eigenvalue weighted by atomic mass is 19.1. The van der Waals surface area contributed by atoms with Crippen molar-refractivity contribution in [3.63, 3.8) is 0 Å². The zero-order valence-corrected chi connectivity index (χ0v) is 19.6. The monoisotopic (exact) mass is 478 g/mol. The summed E-state index contributed by atoms with van der Waals surface area (Å²) in [5, 5.41) is 5.30. The van der Waals surface area contributed by atoms with Crippen LogP contribution in [0.3, 0.4) is 0 Å². The van der Waals surface area contributed by atoms with Crippen LogP contribution in [-0.2, 0) is 9.59 Å². The van der Waals surface area contributed by atoms with E-state index in [4.69, 9.17) is 0 Å². The number of nitrogens with zero attached hydrogens (tertiary/aromatic N) is 3. The van der Waals surface area contributed by atoms with Crippen LogP contribution in [0.5, 0.6) is 0 Å². The van der Waals surface area contributed by atoms with Gasteiger partial charge < -0.3 is 15.1 Å². The second-order valence-electron chi connectivity index (χ2n) is 9.95. The number of piperazine rings is 1. The van der Waals surface area contributed by atoms with Crippen LogP contribution in [0.4, 0.5) is 10.1 Å². The number of rotatable bonds is 3. The number of hydrogen-bond acceptors (Lipinski definition) is 6. The van der Waals surface area contributed by atoms with E-state index in [2.05, 4.69) is 33.4 Å². The Hall–Kier alpha value is -3.01. The summed E-state index contributed by atoms with van der Waals surface area (Å²) in [6.45, 7) is 2.40. The van der Waals surface area contributed by atoms with Crippen molar-refractivity contribution in [2.45, 2.75) is 37.5 Å². The van der Waals surface area contributed by atoms with Gasteiger partial charge in [0.2, 0.25) is 11.8 Å². The number of halogens is 1. The quantitative estimate of drug-likeness (QED) is 0.624. The van der Waals surface area contributed by atoms with Crippen LogP contribution in [-0.4, -0.2) is 60.1 Å². The fourth-order valence-corrected chi connectivity index (χ4v) is 6.19. The summed E-state index contributed by atoms with van der Waals surface area (Å²) >= 11 is 0. The van der Waals surface area contributed by atoms with E-state index in [1.54, 1.807) is 12.1 Å². The van der Waals surface area contributed by atoms with Crippen LogP contribution in [0, 0.1) is 17.7 Å². The van der Waals surface area contributed by atoms with Crippen molar-refractivity contribution in [2.24, 2.45) is 11.8 Å². The molecule has 35 heavy (non-hydrogen) atoms. The predicted octanol–water partition coefficient (Wildman–Crippen LogP) is 1.78. The van der Waals surface area contributed by atoms with Gasteiger partial charge in [-0.3, -0.25) is 9.59 Å². The molecule has 5 atom stereocenters. The van der Waals surface area contributed by atoms with Crippen LogP contribution >= 0.6 is 0 Å². The highest BCUT2D eigenvalue weighted by Crippen LogP contribution is 2.39. The molecule has 2 amide bonds. The molecule has 9 heteroatoms. The molecule has 0 aromatic heterocycles. The van der Waals surface area contributed by atoms with Crippen LogP contribution in [0.15, 0.2) is 54.6 Å². The Morgan fingerprint density at radius 1 is 0.943 bits per heavy atom. The number of benzene rings is 2. The van der Waals surface area contributed by atoms with E-state index < -0.39 is 0 Å². The maximum absolute atomic E-state index is 14.2. The van der Waals surface area contributed by atoms with Crippen molar-refractivity contribution in [3.8, 4) is 0 Å². The van der Waals surface area contributed by atoms with E-state index in [1.807, 2.05) is 34.1 Å². The molecule has 3 heterocycles. The number of fused-ring (bicyclic) bond motifs is 3. The summed E-state index contributed by atoms with van der Waals surface area (Å²) < 4.78 is 14.2. The standard InChI is InChI=1S/C26H31FN6O2/c27-20-8-4-5-9-21(20)31-12-14-32(15-13-31)26(35)18-10-11-19-22(16-18)33-24(28-25(19)34)23(29-30-33)17-6-2-1-3-7-17/h1-9,18-19,22-24,29-30H,10-16H2,(H,28,34). The van der Waals surface area contributed by atoms with Gasteiger partial charge in [-0.25, -0.2) is 14.8 Å². The normalized spacial score (nSPS) is 31.0. The molecule has 1 saturated carbocycles. The van der Waals surface area contributed by atoms with Crippen molar-refractivity contribution in [1.82, 2.24) is 26.2 Å². The fourth-order valence-electron chi connectivity index (χ4n) is 6.19. The Morgan fingerprint density at radius 3 is 2.46 bits per heavy atom. The summed E-state index contributed by atoms with van der Waals surface area (Å²) in [5.41, 5.74) is 8.32. The lowest BCUT2D eigenvalue weighted by molar-refractivity contribution is -0.147. The van der Waals surface area contributed by atoms with Crippen molar-refractivity contribution < 1.29 is 14.0 Å². The average Bonchev–Trinajstić information content (AvgIpc) is 3.33. The Kier molecular flexibility index (Phi) is 5.91. The molecule has 0 spiro atoms. The molecular weight excluding hydrogens is 447 g/mol. The second-order valence-corrected chi connectivity index (χ2v) is 9.95. The van der Waals surface area contributed by atoms with E-state index in [0.29, 0.717) is 44.7 Å². The van der Waals surface area contributed by atoms with Crippen LogP contribution < -0.4 is 21.2 Å². The lowest BCUT2D eigenvalue weighted by Gasteiger charge is -2.47. The number of hydrogen-bond donors (Lipinski definition) is 3. The molecule has 184 valence electrons. The minimum Gasteiger partial charge on any atom is -0.366 e. The minimum absolute atomic E-state index is 0.0441. The van der Waals surface area contributed by atoms with Gasteiger partial charge in [-0.15, -0.1) is 0 Å². The molecular formula is C26H31FN6O2. The van der Waals surface area contributed by atoms with E-state index in [0.717, 1.165) is 12.0 Å². The molecule has 3 aliphatic heterocycles. The van der Waals surface area contributed by atoms with Gasteiger partial charge in [0.05, 0.1) is 17.6 Å². The van der Waals surface area contributed by atoms with Gasteiger partial charge in [-0.05, 0) is 37.0 Å². The van der Waals surface area contributed by atoms with Gasteiger partial charge in [-0.2, -0.15) is 5.53 Å². The second kappa shape index (κ2) is 9.22. The molecule has 8 nitrogen and oxygen atoms in total. The average molecular weight is 479 g/mol. The number of carbonyl (C=O) groups is 2. The zero-order chi connectivity index (χ0) is 23.9. The molecule has 4 aliphatic rings. The maximum Gasteiger partial charge on any atom is 0.226 e. The van der Waals surface area contributed by atoms with E-state index in [1.165, 1.54) is 6.07 Å². The smallest absolute Gasteiger partial charge is 0.226 e. The molecule has 5 unspecified atom stereocenters. The Bertz CT molecular complexity index is 1090. The third-order valence-electron chi connectivity index (χ3n) is 8.06. The number of hydrazine groups is 2. The zero-order valence-electron chi connectivity index (χ0n) is 19.6. The summed E-state index contributed by atoms with van der Waals surface area (Å²) in [5.74, 6) is -0.230. The van der Waals surface area contributed by atoms with E-state index >= 15 is 0 Å². The SMILES string of the molecule is O=C1NC2C(c3ccccc3)NNN2C2CC(C(=O)N3CCN(c4ccccc4F)CC3)CCC12. The number of carbonyl (C=O) groups excluding carboxylic acids is 2. The lowest BCUT2D eigenvalue weighted by Crippen LogP contribution is -2.66. The molecule has 2 aromatic rings. The first-order valence-electron chi connectivity index (χ1n) is 12.5. The first kappa shape index (κ1) is 22.5. The lowest BCUT2D eigenvalue weighted by atomic mass is 9.75. The highest BCUT2D eigenvalue weighted by Gasteiger charge is 2.51. The first-order valence-corrected chi connectivity index (χ1v) is 12.5. The number of amides is 2. The minimum atomic E-state index is -0.226. The molecule has 0 radical (unpaired) electrons. The Labute approximate surface area is 204 Å². The van der Waals surface area contributed by atoms with Gasteiger partial charge in [0, 0.05) is 38.1 Å². The summed E-state index contributed by atoms with van der Waals surface area (Å²) in [6.07, 6.45) is 1.86. The van der Waals surface area contributed by atoms with Gasteiger partial charge in [0.1, 0.15) is 12.0 Å². The number of nitrogens with one attached hydrogen (secondary N) is 3. The molecule has 0 bridgehead atoms.